The number of hydrogen-bond donors (Lipinski definition) is 0. The van der Waals surface area contributed by atoms with Crippen molar-refractivity contribution in [2.24, 2.45) is 11.8 Å². The standard InChI is InChI=1S/C16H21N3O2S/c1-11-6-12(2)9-19(8-11)16-14-7-13(22(3,20)21)4-5-15(14)17-10-18-16/h4-5,7,10-12H,6,8-9H2,1-3H3. The molecule has 0 radical (unpaired) electrons. The van der Waals surface area contributed by atoms with Crippen molar-refractivity contribution < 1.29 is 8.42 Å². The number of anilines is 1. The Morgan fingerprint density at radius 2 is 1.82 bits per heavy atom. The molecule has 1 aromatic carbocycles. The van der Waals surface area contributed by atoms with E-state index in [0.29, 0.717) is 16.7 Å². The summed E-state index contributed by atoms with van der Waals surface area (Å²) in [6.07, 6.45) is 4.00. The van der Waals surface area contributed by atoms with E-state index in [9.17, 15) is 8.42 Å². The zero-order chi connectivity index (χ0) is 15.9. The van der Waals surface area contributed by atoms with Crippen LogP contribution in [0.15, 0.2) is 29.4 Å². The highest BCUT2D eigenvalue weighted by Gasteiger charge is 2.24. The summed E-state index contributed by atoms with van der Waals surface area (Å²) < 4.78 is 23.6. The number of nitrogens with zero attached hydrogens (tertiary/aromatic N) is 3. The van der Waals surface area contributed by atoms with E-state index in [0.717, 1.165) is 29.8 Å². The normalized spacial score (nSPS) is 23.0. The van der Waals surface area contributed by atoms with Crippen LogP contribution in [0.1, 0.15) is 20.3 Å². The first-order valence-electron chi connectivity index (χ1n) is 7.54. The average molecular weight is 319 g/mol. The van der Waals surface area contributed by atoms with Crippen LogP contribution in [0.2, 0.25) is 0 Å². The van der Waals surface area contributed by atoms with E-state index in [1.54, 1.807) is 24.5 Å². The maximum atomic E-state index is 11.8. The van der Waals surface area contributed by atoms with Crippen LogP contribution in [0.3, 0.4) is 0 Å². The summed E-state index contributed by atoms with van der Waals surface area (Å²) in [6.45, 7) is 6.38. The van der Waals surface area contributed by atoms with E-state index in [4.69, 9.17) is 0 Å². The Balaban J connectivity index is 2.12. The van der Waals surface area contributed by atoms with Crippen LogP contribution >= 0.6 is 0 Å². The monoisotopic (exact) mass is 319 g/mol. The molecule has 1 aliphatic heterocycles. The largest absolute Gasteiger partial charge is 0.355 e. The summed E-state index contributed by atoms with van der Waals surface area (Å²) in [7, 11) is -3.24. The van der Waals surface area contributed by atoms with E-state index in [-0.39, 0.29) is 0 Å². The second kappa shape index (κ2) is 5.50. The minimum Gasteiger partial charge on any atom is -0.355 e. The van der Waals surface area contributed by atoms with Crippen LogP contribution in [0.5, 0.6) is 0 Å². The molecule has 2 atom stereocenters. The van der Waals surface area contributed by atoms with E-state index >= 15 is 0 Å². The van der Waals surface area contributed by atoms with E-state index in [1.165, 1.54) is 12.7 Å². The van der Waals surface area contributed by atoms with Gasteiger partial charge < -0.3 is 4.90 Å². The SMILES string of the molecule is CC1CC(C)CN(c2ncnc3ccc(S(C)(=O)=O)cc23)C1. The third-order valence-corrected chi connectivity index (χ3v) is 5.29. The molecule has 118 valence electrons. The molecule has 0 N–H and O–H groups in total. The van der Waals surface area contributed by atoms with Gasteiger partial charge in [0.25, 0.3) is 0 Å². The molecular weight excluding hydrogens is 298 g/mol. The lowest BCUT2D eigenvalue weighted by atomic mass is 9.92. The van der Waals surface area contributed by atoms with Gasteiger partial charge in [-0.3, -0.25) is 0 Å². The van der Waals surface area contributed by atoms with Gasteiger partial charge in [-0.1, -0.05) is 13.8 Å². The number of rotatable bonds is 2. The van der Waals surface area contributed by atoms with Crippen molar-refractivity contribution in [2.75, 3.05) is 24.2 Å². The van der Waals surface area contributed by atoms with Gasteiger partial charge in [0.05, 0.1) is 10.4 Å². The van der Waals surface area contributed by atoms with Crippen molar-refractivity contribution in [1.82, 2.24) is 9.97 Å². The molecule has 2 heterocycles. The fraction of sp³-hybridized carbons (Fsp3) is 0.500. The number of piperidine rings is 1. The summed E-state index contributed by atoms with van der Waals surface area (Å²) in [5, 5.41) is 0.812. The van der Waals surface area contributed by atoms with Gasteiger partial charge in [0.1, 0.15) is 12.1 Å². The smallest absolute Gasteiger partial charge is 0.175 e. The first kappa shape index (κ1) is 15.2. The molecular formula is C16H21N3O2S. The van der Waals surface area contributed by atoms with E-state index in [2.05, 4.69) is 28.7 Å². The van der Waals surface area contributed by atoms with Gasteiger partial charge in [-0.15, -0.1) is 0 Å². The maximum absolute atomic E-state index is 11.8. The average Bonchev–Trinajstić information content (AvgIpc) is 2.44. The Kier molecular flexibility index (Phi) is 3.80. The summed E-state index contributed by atoms with van der Waals surface area (Å²) in [5.41, 5.74) is 0.781. The number of hydrogen-bond acceptors (Lipinski definition) is 5. The first-order chi connectivity index (χ1) is 10.3. The molecule has 0 saturated carbocycles. The van der Waals surface area contributed by atoms with Crippen molar-refractivity contribution in [3.05, 3.63) is 24.5 Å². The molecule has 1 fully saturated rings. The summed E-state index contributed by atoms with van der Waals surface area (Å²) >= 11 is 0. The first-order valence-corrected chi connectivity index (χ1v) is 9.43. The van der Waals surface area contributed by atoms with Crippen LogP contribution in [0.25, 0.3) is 10.9 Å². The Morgan fingerprint density at radius 3 is 2.45 bits per heavy atom. The van der Waals surface area contributed by atoms with Crippen molar-refractivity contribution in [3.63, 3.8) is 0 Å². The van der Waals surface area contributed by atoms with Crippen LogP contribution in [-0.4, -0.2) is 37.7 Å². The molecule has 2 unspecified atom stereocenters. The van der Waals surface area contributed by atoms with Crippen LogP contribution < -0.4 is 4.90 Å². The highest BCUT2D eigenvalue weighted by molar-refractivity contribution is 7.90. The summed E-state index contributed by atoms with van der Waals surface area (Å²) in [5.74, 6) is 2.05. The Bertz CT molecular complexity index is 794. The molecule has 0 aliphatic carbocycles. The molecule has 2 aromatic rings. The third-order valence-electron chi connectivity index (χ3n) is 4.18. The van der Waals surface area contributed by atoms with Crippen LogP contribution in [0, 0.1) is 11.8 Å². The third kappa shape index (κ3) is 2.92. The topological polar surface area (TPSA) is 63.2 Å². The van der Waals surface area contributed by atoms with Crippen molar-refractivity contribution >= 4 is 26.6 Å². The second-order valence-electron chi connectivity index (χ2n) is 6.50. The predicted octanol–water partition coefficient (Wildman–Crippen LogP) is 2.52. The van der Waals surface area contributed by atoms with Gasteiger partial charge in [-0.05, 0) is 36.5 Å². The van der Waals surface area contributed by atoms with Gasteiger partial charge >= 0.3 is 0 Å². The quantitative estimate of drug-likeness (QED) is 0.851. The molecule has 22 heavy (non-hydrogen) atoms. The zero-order valence-electron chi connectivity index (χ0n) is 13.2. The number of fused-ring (bicyclic) bond motifs is 1. The van der Waals surface area contributed by atoms with Gasteiger partial charge in [-0.2, -0.15) is 0 Å². The van der Waals surface area contributed by atoms with Crippen LogP contribution in [0.4, 0.5) is 5.82 Å². The molecule has 1 saturated heterocycles. The molecule has 1 aliphatic rings. The van der Waals surface area contributed by atoms with Gasteiger partial charge in [0.15, 0.2) is 9.84 Å². The van der Waals surface area contributed by atoms with Crippen molar-refractivity contribution in [3.8, 4) is 0 Å². The van der Waals surface area contributed by atoms with Crippen molar-refractivity contribution in [2.45, 2.75) is 25.2 Å². The molecule has 5 nitrogen and oxygen atoms in total. The van der Waals surface area contributed by atoms with Gasteiger partial charge in [0, 0.05) is 24.7 Å². The van der Waals surface area contributed by atoms with Crippen LogP contribution in [-0.2, 0) is 9.84 Å². The molecule has 3 rings (SSSR count). The highest BCUT2D eigenvalue weighted by Crippen LogP contribution is 2.30. The molecule has 0 bridgehead atoms. The Morgan fingerprint density at radius 1 is 1.14 bits per heavy atom. The van der Waals surface area contributed by atoms with Crippen molar-refractivity contribution in [1.29, 1.82) is 0 Å². The zero-order valence-corrected chi connectivity index (χ0v) is 14.0. The number of aromatic nitrogens is 2. The van der Waals surface area contributed by atoms with Gasteiger partial charge in [0.2, 0.25) is 0 Å². The fourth-order valence-electron chi connectivity index (χ4n) is 3.34. The summed E-state index contributed by atoms with van der Waals surface area (Å²) in [6, 6.07) is 5.06. The lowest BCUT2D eigenvalue weighted by Crippen LogP contribution is -2.39. The van der Waals surface area contributed by atoms with E-state index in [1.807, 2.05) is 0 Å². The highest BCUT2D eigenvalue weighted by atomic mass is 32.2. The fourth-order valence-corrected chi connectivity index (χ4v) is 3.99. The number of benzene rings is 1. The van der Waals surface area contributed by atoms with Gasteiger partial charge in [-0.25, -0.2) is 18.4 Å². The lowest BCUT2D eigenvalue weighted by molar-refractivity contribution is 0.356. The minimum atomic E-state index is -3.24. The summed E-state index contributed by atoms with van der Waals surface area (Å²) in [4.78, 5) is 11.3. The van der Waals surface area contributed by atoms with E-state index < -0.39 is 9.84 Å². The second-order valence-corrected chi connectivity index (χ2v) is 8.52. The number of sulfone groups is 1. The lowest BCUT2D eigenvalue weighted by Gasteiger charge is -2.36. The molecule has 6 heteroatoms. The Labute approximate surface area is 131 Å². The minimum absolute atomic E-state index is 0.314. The maximum Gasteiger partial charge on any atom is 0.175 e. The molecule has 0 spiro atoms. The Hall–Kier alpha value is -1.69. The molecule has 1 aromatic heterocycles. The molecule has 0 amide bonds. The predicted molar refractivity (Wildman–Crippen MR) is 87.8 cm³/mol.